The molecule has 5 rings (SSSR count). The van der Waals surface area contributed by atoms with Crippen molar-refractivity contribution in [2.24, 2.45) is 0 Å². The number of nitrogens with zero attached hydrogens (tertiary/aromatic N) is 4. The van der Waals surface area contributed by atoms with E-state index in [0.29, 0.717) is 17.2 Å². The summed E-state index contributed by atoms with van der Waals surface area (Å²) in [6, 6.07) is 12.7. The van der Waals surface area contributed by atoms with Gasteiger partial charge in [-0.05, 0) is 67.4 Å². The Hall–Kier alpha value is -3.90. The van der Waals surface area contributed by atoms with Crippen LogP contribution in [0.2, 0.25) is 5.02 Å². The van der Waals surface area contributed by atoms with Crippen LogP contribution in [0.15, 0.2) is 78.0 Å². The molecule has 0 saturated heterocycles. The summed E-state index contributed by atoms with van der Waals surface area (Å²) in [5.74, 6) is -0.239. The standard InChI is InChI=1S/C24H18ClF4NO3S.C4H7N3/c1-15(23-19(25)6-3-7-20(23)26)12-16-8-9-22-21(13-16)30(10-11-33-22)34(31,32)18-5-2-4-17(14-18)24(27,28)29;1-2-7-4-3-5-6-7/h2-9,12-14H,10-11H2,1H3;3-4H,2H2,1H3/b15-12+;. The molecule has 13 heteroatoms. The molecule has 216 valence electrons. The molecule has 0 N–H and O–H groups in total. The van der Waals surface area contributed by atoms with Gasteiger partial charge < -0.3 is 4.74 Å². The van der Waals surface area contributed by atoms with Crippen molar-refractivity contribution in [2.75, 3.05) is 17.5 Å². The van der Waals surface area contributed by atoms with Crippen LogP contribution in [-0.2, 0) is 22.7 Å². The van der Waals surface area contributed by atoms with E-state index in [2.05, 4.69) is 10.3 Å². The van der Waals surface area contributed by atoms with Crippen LogP contribution in [0, 0.1) is 5.82 Å². The van der Waals surface area contributed by atoms with E-state index < -0.39 is 32.5 Å². The van der Waals surface area contributed by atoms with Crippen LogP contribution in [0.3, 0.4) is 0 Å². The number of alkyl halides is 3. The van der Waals surface area contributed by atoms with Crippen LogP contribution in [0.1, 0.15) is 30.5 Å². The molecule has 1 aromatic heterocycles. The van der Waals surface area contributed by atoms with E-state index in [1.54, 1.807) is 42.1 Å². The summed E-state index contributed by atoms with van der Waals surface area (Å²) in [6.45, 7) is 4.53. The zero-order chi connectivity index (χ0) is 29.8. The summed E-state index contributed by atoms with van der Waals surface area (Å²) < 4.78 is 88.6. The monoisotopic (exact) mass is 608 g/mol. The number of hydrogen-bond donors (Lipinski definition) is 0. The first-order chi connectivity index (χ1) is 19.4. The molecule has 1 aliphatic heterocycles. The van der Waals surface area contributed by atoms with E-state index >= 15 is 0 Å². The fourth-order valence-corrected chi connectivity index (χ4v) is 5.92. The molecule has 0 spiro atoms. The maximum absolute atomic E-state index is 14.3. The lowest BCUT2D eigenvalue weighted by atomic mass is 10.0. The molecule has 0 radical (unpaired) electrons. The van der Waals surface area contributed by atoms with Gasteiger partial charge in [-0.3, -0.25) is 8.99 Å². The van der Waals surface area contributed by atoms with Crippen LogP contribution in [0.4, 0.5) is 23.2 Å². The number of ether oxygens (including phenoxy) is 1. The fraction of sp³-hybridized carbons (Fsp3) is 0.214. The van der Waals surface area contributed by atoms with E-state index in [9.17, 15) is 26.0 Å². The Balaban J connectivity index is 0.000000483. The van der Waals surface area contributed by atoms with Crippen molar-refractivity contribution in [2.45, 2.75) is 31.5 Å². The highest BCUT2D eigenvalue weighted by atomic mass is 35.5. The van der Waals surface area contributed by atoms with Crippen molar-refractivity contribution in [3.05, 3.63) is 101 Å². The lowest BCUT2D eigenvalue weighted by Crippen LogP contribution is -2.38. The topological polar surface area (TPSA) is 77.3 Å². The Morgan fingerprint density at radius 3 is 2.51 bits per heavy atom. The number of allylic oxidation sites excluding steroid dienone is 1. The third kappa shape index (κ3) is 6.88. The SMILES string of the molecule is C/C(=C\c1ccc2c(c1)N(S(=O)(=O)c1cccc(C(F)(F)F)c1)CCO2)c1c(F)cccc1Cl.CCn1ccnn1. The lowest BCUT2D eigenvalue weighted by molar-refractivity contribution is -0.137. The Labute approximate surface area is 239 Å². The molecule has 0 amide bonds. The highest BCUT2D eigenvalue weighted by Gasteiger charge is 2.34. The Morgan fingerprint density at radius 1 is 1.12 bits per heavy atom. The zero-order valence-electron chi connectivity index (χ0n) is 21.9. The zero-order valence-corrected chi connectivity index (χ0v) is 23.5. The van der Waals surface area contributed by atoms with Crippen LogP contribution >= 0.6 is 11.6 Å². The van der Waals surface area contributed by atoms with Crippen molar-refractivity contribution < 1.29 is 30.7 Å². The summed E-state index contributed by atoms with van der Waals surface area (Å²) in [5, 5.41) is 7.53. The number of sulfonamides is 1. The normalized spacial score (nSPS) is 13.6. The first-order valence-corrected chi connectivity index (χ1v) is 14.2. The number of anilines is 1. The van der Waals surface area contributed by atoms with Crippen molar-refractivity contribution in [1.82, 2.24) is 15.0 Å². The third-order valence-corrected chi connectivity index (χ3v) is 8.21. The number of aromatic nitrogens is 3. The number of rotatable bonds is 5. The van der Waals surface area contributed by atoms with Gasteiger partial charge in [0.25, 0.3) is 10.0 Å². The Kier molecular flexibility index (Phi) is 9.03. The number of hydrogen-bond acceptors (Lipinski definition) is 5. The minimum absolute atomic E-state index is 0.0320. The molecule has 0 saturated carbocycles. The number of fused-ring (bicyclic) bond motifs is 1. The summed E-state index contributed by atoms with van der Waals surface area (Å²) in [5.41, 5.74) is 0.366. The van der Waals surface area contributed by atoms with Crippen LogP contribution in [-0.4, -0.2) is 36.6 Å². The second kappa shape index (κ2) is 12.3. The number of halogens is 5. The quantitative estimate of drug-likeness (QED) is 0.181. The van der Waals surface area contributed by atoms with Gasteiger partial charge in [-0.1, -0.05) is 41.1 Å². The van der Waals surface area contributed by atoms with Gasteiger partial charge in [-0.25, -0.2) is 12.8 Å². The van der Waals surface area contributed by atoms with Gasteiger partial charge in [0, 0.05) is 18.3 Å². The molecule has 41 heavy (non-hydrogen) atoms. The Bertz CT molecular complexity index is 1640. The maximum atomic E-state index is 14.3. The first-order valence-electron chi connectivity index (χ1n) is 12.4. The molecular formula is C28H25ClF4N4O3S. The lowest BCUT2D eigenvalue weighted by Gasteiger charge is -2.31. The van der Waals surface area contributed by atoms with Crippen LogP contribution in [0.25, 0.3) is 11.6 Å². The summed E-state index contributed by atoms with van der Waals surface area (Å²) in [4.78, 5) is -0.481. The third-order valence-electron chi connectivity index (χ3n) is 6.09. The molecule has 2 heterocycles. The predicted octanol–water partition coefficient (Wildman–Crippen LogP) is 6.94. The summed E-state index contributed by atoms with van der Waals surface area (Å²) in [7, 11) is -4.32. The maximum Gasteiger partial charge on any atom is 0.416 e. The molecular weight excluding hydrogens is 584 g/mol. The van der Waals surface area contributed by atoms with Crippen molar-refractivity contribution in [1.29, 1.82) is 0 Å². The molecule has 0 unspecified atom stereocenters. The van der Waals surface area contributed by atoms with Gasteiger partial charge >= 0.3 is 6.18 Å². The second-order valence-electron chi connectivity index (χ2n) is 8.86. The smallest absolute Gasteiger partial charge is 0.416 e. The molecule has 0 atom stereocenters. The van der Waals surface area contributed by atoms with Gasteiger partial charge in [0.05, 0.1) is 33.9 Å². The van der Waals surface area contributed by atoms with E-state index in [4.69, 9.17) is 16.3 Å². The molecule has 0 bridgehead atoms. The molecule has 4 aromatic rings. The van der Waals surface area contributed by atoms with Crippen LogP contribution in [0.5, 0.6) is 5.75 Å². The van der Waals surface area contributed by atoms with Crippen LogP contribution < -0.4 is 9.04 Å². The fourth-order valence-electron chi connectivity index (χ4n) is 4.11. The van der Waals surface area contributed by atoms with Crippen molar-refractivity contribution in [3.63, 3.8) is 0 Å². The predicted molar refractivity (Wildman–Crippen MR) is 149 cm³/mol. The molecule has 0 fully saturated rings. The molecule has 0 aliphatic carbocycles. The van der Waals surface area contributed by atoms with E-state index in [0.717, 1.165) is 29.0 Å². The highest BCUT2D eigenvalue weighted by molar-refractivity contribution is 7.92. The average Bonchev–Trinajstić information content (AvgIpc) is 3.47. The second-order valence-corrected chi connectivity index (χ2v) is 11.1. The van der Waals surface area contributed by atoms with E-state index in [-0.39, 0.29) is 35.2 Å². The van der Waals surface area contributed by atoms with Crippen molar-refractivity contribution in [3.8, 4) is 5.75 Å². The first kappa shape index (κ1) is 30.1. The minimum atomic E-state index is -4.68. The highest BCUT2D eigenvalue weighted by Crippen LogP contribution is 2.38. The number of benzene rings is 3. The van der Waals surface area contributed by atoms with Gasteiger partial charge in [0.15, 0.2) is 0 Å². The van der Waals surface area contributed by atoms with Gasteiger partial charge in [0.1, 0.15) is 18.2 Å². The summed E-state index contributed by atoms with van der Waals surface area (Å²) >= 11 is 6.13. The molecule has 1 aliphatic rings. The van der Waals surface area contributed by atoms with E-state index in [1.807, 2.05) is 13.1 Å². The number of aryl methyl sites for hydroxylation is 1. The largest absolute Gasteiger partial charge is 0.489 e. The Morgan fingerprint density at radius 2 is 1.88 bits per heavy atom. The minimum Gasteiger partial charge on any atom is -0.489 e. The summed E-state index contributed by atoms with van der Waals surface area (Å²) in [6.07, 6.45) is 0.454. The van der Waals surface area contributed by atoms with Gasteiger partial charge in [-0.2, -0.15) is 13.2 Å². The van der Waals surface area contributed by atoms with Gasteiger partial charge in [-0.15, -0.1) is 5.10 Å². The molecule has 3 aromatic carbocycles. The van der Waals surface area contributed by atoms with Gasteiger partial charge in [0.2, 0.25) is 0 Å². The average molecular weight is 609 g/mol. The van der Waals surface area contributed by atoms with Crippen molar-refractivity contribution >= 4 is 39.0 Å². The molecule has 7 nitrogen and oxygen atoms in total. The van der Waals surface area contributed by atoms with E-state index in [1.165, 1.54) is 18.2 Å².